The topological polar surface area (TPSA) is 82.0 Å². The predicted octanol–water partition coefficient (Wildman–Crippen LogP) is 5.75. The average Bonchev–Trinajstić information content (AvgIpc) is 2.74. The Hall–Kier alpha value is -3.88. The van der Waals surface area contributed by atoms with Crippen molar-refractivity contribution in [3.05, 3.63) is 99.6 Å². The predicted molar refractivity (Wildman–Crippen MR) is 124 cm³/mol. The first kappa shape index (κ1) is 21.8. The molecule has 0 fully saturated rings. The molecule has 0 heterocycles. The van der Waals surface area contributed by atoms with Crippen LogP contribution in [0, 0.1) is 25.2 Å². The van der Waals surface area contributed by atoms with Crippen LogP contribution in [0.5, 0.6) is 0 Å². The molecule has 0 spiro atoms. The van der Waals surface area contributed by atoms with E-state index in [1.165, 1.54) is 6.08 Å². The van der Waals surface area contributed by atoms with Crippen LogP contribution in [0.4, 0.5) is 11.4 Å². The summed E-state index contributed by atoms with van der Waals surface area (Å²) in [5.74, 6) is -0.782. The third kappa shape index (κ3) is 5.81. The summed E-state index contributed by atoms with van der Waals surface area (Å²) in [5.41, 5.74) is 4.24. The molecule has 0 aliphatic rings. The molecule has 3 aromatic carbocycles. The van der Waals surface area contributed by atoms with E-state index in [4.69, 9.17) is 11.6 Å². The lowest BCUT2D eigenvalue weighted by atomic mass is 10.1. The van der Waals surface area contributed by atoms with Gasteiger partial charge in [-0.3, -0.25) is 9.59 Å². The SMILES string of the molecule is Cc1ccc(NC(=O)/C(C#N)=C/c2cccc(NC(=O)c3ccc(Cl)cc3)c2)c(C)c1. The highest BCUT2D eigenvalue weighted by Gasteiger charge is 2.12. The first-order valence-corrected chi connectivity index (χ1v) is 9.91. The zero-order valence-corrected chi connectivity index (χ0v) is 17.8. The molecule has 3 rings (SSSR count). The summed E-state index contributed by atoms with van der Waals surface area (Å²) in [6, 6.07) is 21.1. The lowest BCUT2D eigenvalue weighted by Crippen LogP contribution is -2.14. The minimum atomic E-state index is -0.495. The second-order valence-corrected chi connectivity index (χ2v) is 7.47. The Morgan fingerprint density at radius 1 is 0.968 bits per heavy atom. The van der Waals surface area contributed by atoms with Crippen molar-refractivity contribution in [3.63, 3.8) is 0 Å². The first-order chi connectivity index (χ1) is 14.9. The number of nitrogens with zero attached hydrogens (tertiary/aromatic N) is 1. The van der Waals surface area contributed by atoms with E-state index in [1.54, 1.807) is 48.5 Å². The maximum absolute atomic E-state index is 12.6. The number of nitriles is 1. The van der Waals surface area contributed by atoms with Crippen LogP contribution in [0.15, 0.2) is 72.3 Å². The van der Waals surface area contributed by atoms with Crippen molar-refractivity contribution in [2.45, 2.75) is 13.8 Å². The van der Waals surface area contributed by atoms with Crippen LogP contribution >= 0.6 is 11.6 Å². The number of anilines is 2. The molecule has 154 valence electrons. The Bertz CT molecular complexity index is 1210. The highest BCUT2D eigenvalue weighted by atomic mass is 35.5. The minimum absolute atomic E-state index is 0.0406. The summed E-state index contributed by atoms with van der Waals surface area (Å²) in [4.78, 5) is 25.0. The Morgan fingerprint density at radius 3 is 2.39 bits per heavy atom. The van der Waals surface area contributed by atoms with Crippen molar-refractivity contribution in [3.8, 4) is 6.07 Å². The van der Waals surface area contributed by atoms with Crippen LogP contribution in [-0.4, -0.2) is 11.8 Å². The van der Waals surface area contributed by atoms with Crippen LogP contribution in [0.25, 0.3) is 6.08 Å². The molecule has 31 heavy (non-hydrogen) atoms. The van der Waals surface area contributed by atoms with Crippen molar-refractivity contribution in [2.75, 3.05) is 10.6 Å². The summed E-state index contributed by atoms with van der Waals surface area (Å²) in [7, 11) is 0. The summed E-state index contributed by atoms with van der Waals surface area (Å²) in [5, 5.41) is 15.6. The van der Waals surface area contributed by atoms with Gasteiger partial charge in [-0.05, 0) is 73.5 Å². The number of rotatable bonds is 5. The highest BCUT2D eigenvalue weighted by molar-refractivity contribution is 6.30. The molecule has 0 radical (unpaired) electrons. The van der Waals surface area contributed by atoms with Crippen LogP contribution < -0.4 is 10.6 Å². The van der Waals surface area contributed by atoms with Crippen LogP contribution in [0.3, 0.4) is 0 Å². The van der Waals surface area contributed by atoms with E-state index in [-0.39, 0.29) is 11.5 Å². The van der Waals surface area contributed by atoms with E-state index < -0.39 is 5.91 Å². The fourth-order valence-corrected chi connectivity index (χ4v) is 3.10. The molecule has 2 amide bonds. The number of aryl methyl sites for hydroxylation is 2. The maximum Gasteiger partial charge on any atom is 0.266 e. The van der Waals surface area contributed by atoms with E-state index >= 15 is 0 Å². The average molecular weight is 430 g/mol. The summed E-state index contributed by atoms with van der Waals surface area (Å²) in [6.45, 7) is 3.86. The molecule has 0 aliphatic carbocycles. The van der Waals surface area contributed by atoms with Crippen molar-refractivity contribution in [1.29, 1.82) is 5.26 Å². The summed E-state index contributed by atoms with van der Waals surface area (Å²) < 4.78 is 0. The van der Waals surface area contributed by atoms with Crippen molar-refractivity contribution in [1.82, 2.24) is 0 Å². The summed E-state index contributed by atoms with van der Waals surface area (Å²) in [6.07, 6.45) is 1.48. The first-order valence-electron chi connectivity index (χ1n) is 9.53. The standard InChI is InChI=1S/C25H20ClN3O2/c1-16-6-11-23(17(2)12-16)29-25(31)20(15-27)13-18-4-3-5-22(14-18)28-24(30)19-7-9-21(26)10-8-19/h3-14H,1-2H3,(H,28,30)(H,29,31)/b20-13+. The van der Waals surface area contributed by atoms with Gasteiger partial charge in [0.1, 0.15) is 11.6 Å². The molecule has 2 N–H and O–H groups in total. The fourth-order valence-electron chi connectivity index (χ4n) is 2.97. The van der Waals surface area contributed by atoms with E-state index in [0.717, 1.165) is 11.1 Å². The zero-order chi connectivity index (χ0) is 22.4. The van der Waals surface area contributed by atoms with Gasteiger partial charge in [-0.25, -0.2) is 0 Å². The molecule has 0 aromatic heterocycles. The monoisotopic (exact) mass is 429 g/mol. The largest absolute Gasteiger partial charge is 0.322 e. The van der Waals surface area contributed by atoms with Gasteiger partial charge in [0.05, 0.1) is 0 Å². The molecule has 0 saturated heterocycles. The number of benzene rings is 3. The maximum atomic E-state index is 12.6. The lowest BCUT2D eigenvalue weighted by Gasteiger charge is -2.09. The van der Waals surface area contributed by atoms with Gasteiger partial charge in [-0.1, -0.05) is 41.4 Å². The smallest absolute Gasteiger partial charge is 0.266 e. The number of hydrogen-bond acceptors (Lipinski definition) is 3. The summed E-state index contributed by atoms with van der Waals surface area (Å²) >= 11 is 5.85. The van der Waals surface area contributed by atoms with E-state index in [2.05, 4.69) is 10.6 Å². The second-order valence-electron chi connectivity index (χ2n) is 7.03. The zero-order valence-electron chi connectivity index (χ0n) is 17.1. The van der Waals surface area contributed by atoms with E-state index in [0.29, 0.717) is 27.5 Å². The van der Waals surface area contributed by atoms with E-state index in [9.17, 15) is 14.9 Å². The Morgan fingerprint density at radius 2 is 1.71 bits per heavy atom. The molecule has 0 unspecified atom stereocenters. The van der Waals surface area contributed by atoms with Crippen LogP contribution in [-0.2, 0) is 4.79 Å². The molecule has 6 heteroatoms. The fraction of sp³-hybridized carbons (Fsp3) is 0.0800. The highest BCUT2D eigenvalue weighted by Crippen LogP contribution is 2.19. The van der Waals surface area contributed by atoms with Crippen LogP contribution in [0.2, 0.25) is 5.02 Å². The third-order valence-electron chi connectivity index (χ3n) is 4.56. The Balaban J connectivity index is 1.76. The molecule has 0 bridgehead atoms. The van der Waals surface area contributed by atoms with Gasteiger partial charge < -0.3 is 10.6 Å². The minimum Gasteiger partial charge on any atom is -0.322 e. The molecule has 0 saturated carbocycles. The van der Waals surface area contributed by atoms with Crippen LogP contribution in [0.1, 0.15) is 27.0 Å². The number of nitrogens with one attached hydrogen (secondary N) is 2. The molecular weight excluding hydrogens is 410 g/mol. The lowest BCUT2D eigenvalue weighted by molar-refractivity contribution is -0.112. The third-order valence-corrected chi connectivity index (χ3v) is 4.81. The number of halogens is 1. The van der Waals surface area contributed by atoms with Gasteiger partial charge in [0.25, 0.3) is 11.8 Å². The number of carbonyl (C=O) groups excluding carboxylic acids is 2. The van der Waals surface area contributed by atoms with E-state index in [1.807, 2.05) is 38.1 Å². The van der Waals surface area contributed by atoms with Crippen molar-refractivity contribution < 1.29 is 9.59 Å². The van der Waals surface area contributed by atoms with Gasteiger partial charge >= 0.3 is 0 Å². The second kappa shape index (κ2) is 9.75. The van der Waals surface area contributed by atoms with Gasteiger partial charge in [-0.15, -0.1) is 0 Å². The van der Waals surface area contributed by atoms with Crippen molar-refractivity contribution >= 4 is 40.9 Å². The Labute approximate surface area is 186 Å². The quantitative estimate of drug-likeness (QED) is 0.400. The van der Waals surface area contributed by atoms with Gasteiger partial charge in [0.2, 0.25) is 0 Å². The number of carbonyl (C=O) groups is 2. The molecule has 5 nitrogen and oxygen atoms in total. The number of amides is 2. The molecule has 0 aliphatic heterocycles. The molecule has 3 aromatic rings. The van der Waals surface area contributed by atoms with Crippen molar-refractivity contribution in [2.24, 2.45) is 0 Å². The normalized spacial score (nSPS) is 10.8. The van der Waals surface area contributed by atoms with Gasteiger partial charge in [0.15, 0.2) is 0 Å². The number of hydrogen-bond donors (Lipinski definition) is 2. The molecule has 0 atom stereocenters. The Kier molecular flexibility index (Phi) is 6.86. The molecular formula is C25H20ClN3O2. The van der Waals surface area contributed by atoms with Gasteiger partial charge in [-0.2, -0.15) is 5.26 Å². The van der Waals surface area contributed by atoms with Gasteiger partial charge in [0, 0.05) is 22.0 Å².